The first kappa shape index (κ1) is 31.9. The molecule has 0 aromatic heterocycles. The molecule has 0 spiro atoms. The second kappa shape index (κ2) is 18.3. The number of carbonyl (C=O) groups excluding carboxylic acids is 3. The summed E-state index contributed by atoms with van der Waals surface area (Å²) in [4.78, 5) is 56.6. The van der Waals surface area contributed by atoms with E-state index < -0.39 is 35.8 Å². The van der Waals surface area contributed by atoms with Crippen LogP contribution in [0.1, 0.15) is 53.4 Å². The summed E-state index contributed by atoms with van der Waals surface area (Å²) in [5.74, 6) is -1.62. The number of carboxylic acids is 2. The zero-order valence-electron chi connectivity index (χ0n) is 19.3. The van der Waals surface area contributed by atoms with E-state index in [1.807, 2.05) is 13.8 Å². The van der Waals surface area contributed by atoms with Gasteiger partial charge in [-0.3, -0.25) is 14.4 Å². The highest BCUT2D eigenvalue weighted by atomic mass is 33.1. The number of unbranched alkanes of at least 4 members (excludes halogenated alkanes) is 1. The van der Waals surface area contributed by atoms with Gasteiger partial charge in [0.1, 0.15) is 17.9 Å². The Morgan fingerprint density at radius 3 is 1.70 bits per heavy atom. The molecule has 33 heavy (non-hydrogen) atoms. The molecule has 9 nitrogen and oxygen atoms in total. The fourth-order valence-corrected chi connectivity index (χ4v) is 8.34. The van der Waals surface area contributed by atoms with Crippen LogP contribution < -0.4 is 10.6 Å². The summed E-state index contributed by atoms with van der Waals surface area (Å²) >= 11 is 0. The summed E-state index contributed by atoms with van der Waals surface area (Å²) in [6.07, 6.45) is 2.98. The van der Waals surface area contributed by atoms with Crippen molar-refractivity contribution in [1.29, 1.82) is 0 Å². The molecule has 0 aliphatic rings. The fraction of sp³-hybridized carbons (Fsp3) is 0.750. The Bertz CT molecular complexity index is 664. The van der Waals surface area contributed by atoms with E-state index in [9.17, 15) is 34.2 Å². The number of hydrogen-bond acceptors (Lipinski definition) is 9. The molecule has 0 fully saturated rings. The van der Waals surface area contributed by atoms with Gasteiger partial charge < -0.3 is 20.8 Å². The molecule has 4 N–H and O–H groups in total. The first-order valence-electron chi connectivity index (χ1n) is 10.5. The number of rotatable bonds is 19. The van der Waals surface area contributed by atoms with Gasteiger partial charge in [0.15, 0.2) is 0 Å². The van der Waals surface area contributed by atoms with Gasteiger partial charge in [-0.15, -0.1) is 0 Å². The van der Waals surface area contributed by atoms with Gasteiger partial charge in [0.05, 0.1) is 0 Å². The maximum absolute atomic E-state index is 11.8. The normalized spacial score (nSPS) is 13.7. The van der Waals surface area contributed by atoms with Crippen LogP contribution in [-0.4, -0.2) is 74.3 Å². The predicted octanol–water partition coefficient (Wildman–Crippen LogP) is 3.08. The highest BCUT2D eigenvalue weighted by molar-refractivity contribution is 8.78. The summed E-state index contributed by atoms with van der Waals surface area (Å²) in [5, 5.41) is 23.4. The van der Waals surface area contributed by atoms with Crippen molar-refractivity contribution in [1.82, 2.24) is 10.6 Å². The van der Waals surface area contributed by atoms with E-state index in [4.69, 9.17) is 0 Å². The van der Waals surface area contributed by atoms with Gasteiger partial charge in [-0.25, -0.2) is 9.59 Å². The number of hydrogen-bond donors (Lipinski definition) is 4. The average Bonchev–Trinajstić information content (AvgIpc) is 2.70. The monoisotopic (exact) mass is 542 g/mol. The maximum Gasteiger partial charge on any atom is 0.327 e. The zero-order chi connectivity index (χ0) is 25.4. The number of amides is 2. The first-order valence-corrected chi connectivity index (χ1v) is 15.4. The number of ketones is 1. The first-order chi connectivity index (χ1) is 15.4. The van der Waals surface area contributed by atoms with Gasteiger partial charge >= 0.3 is 11.9 Å². The van der Waals surface area contributed by atoms with Crippen molar-refractivity contribution < 1.29 is 34.2 Å². The highest BCUT2D eigenvalue weighted by Gasteiger charge is 2.21. The molecule has 3 unspecified atom stereocenters. The van der Waals surface area contributed by atoms with E-state index in [1.165, 1.54) is 57.0 Å². The molecular formula is C20H34N2O7S4. The zero-order valence-corrected chi connectivity index (χ0v) is 22.6. The van der Waals surface area contributed by atoms with E-state index in [0.717, 1.165) is 19.3 Å². The van der Waals surface area contributed by atoms with Gasteiger partial charge in [0.2, 0.25) is 11.8 Å². The molecular weight excluding hydrogens is 508 g/mol. The Labute approximate surface area is 210 Å². The van der Waals surface area contributed by atoms with E-state index >= 15 is 0 Å². The van der Waals surface area contributed by atoms with Crippen molar-refractivity contribution in [3.05, 3.63) is 0 Å². The Balaban J connectivity index is 4.67. The molecule has 0 heterocycles. The van der Waals surface area contributed by atoms with E-state index in [1.54, 1.807) is 0 Å². The number of carbonyl (C=O) groups is 5. The van der Waals surface area contributed by atoms with Crippen molar-refractivity contribution in [2.75, 3.05) is 17.3 Å². The molecule has 0 radical (unpaired) electrons. The molecule has 0 saturated carbocycles. The number of Topliss-reactive ketones (excluding diaryl/α,β-unsaturated/α-hetero) is 1. The minimum Gasteiger partial charge on any atom is -0.480 e. The lowest BCUT2D eigenvalue weighted by Crippen LogP contribution is -2.41. The van der Waals surface area contributed by atoms with Crippen LogP contribution in [0.2, 0.25) is 0 Å². The van der Waals surface area contributed by atoms with E-state index in [0.29, 0.717) is 12.2 Å². The topological polar surface area (TPSA) is 150 Å². The van der Waals surface area contributed by atoms with Gasteiger partial charge in [0, 0.05) is 48.7 Å². The van der Waals surface area contributed by atoms with E-state index in [-0.39, 0.29) is 28.5 Å². The molecule has 0 aromatic carbocycles. The van der Waals surface area contributed by atoms with Crippen molar-refractivity contribution in [3.63, 3.8) is 0 Å². The van der Waals surface area contributed by atoms with Gasteiger partial charge in [0.25, 0.3) is 0 Å². The Hall–Kier alpha value is -1.05. The van der Waals surface area contributed by atoms with Crippen molar-refractivity contribution in [2.24, 2.45) is 5.92 Å². The van der Waals surface area contributed by atoms with Crippen LogP contribution >= 0.6 is 43.2 Å². The number of aliphatic carboxylic acids is 2. The average molecular weight is 543 g/mol. The summed E-state index contributed by atoms with van der Waals surface area (Å²) in [6, 6.07) is -1.93. The number of carboxylic acid groups (broad SMARTS) is 2. The largest absolute Gasteiger partial charge is 0.480 e. The molecule has 0 aliphatic heterocycles. The molecule has 2 amide bonds. The summed E-state index contributed by atoms with van der Waals surface area (Å²) in [7, 11) is 5.75. The third-order valence-corrected chi connectivity index (χ3v) is 9.82. The second-order valence-electron chi connectivity index (χ2n) is 7.62. The minimum absolute atomic E-state index is 0.0187. The van der Waals surface area contributed by atoms with Gasteiger partial charge in [-0.1, -0.05) is 63.4 Å². The van der Waals surface area contributed by atoms with Crippen LogP contribution in [0.5, 0.6) is 0 Å². The predicted molar refractivity (Wildman–Crippen MR) is 138 cm³/mol. The van der Waals surface area contributed by atoms with Crippen LogP contribution in [0, 0.1) is 5.92 Å². The molecule has 0 bridgehead atoms. The second-order valence-corrected chi connectivity index (χ2v) is 12.9. The smallest absolute Gasteiger partial charge is 0.327 e. The lowest BCUT2D eigenvalue weighted by molar-refractivity contribution is -0.141. The van der Waals surface area contributed by atoms with Gasteiger partial charge in [-0.2, -0.15) is 0 Å². The van der Waals surface area contributed by atoms with Crippen molar-refractivity contribution in [3.8, 4) is 0 Å². The minimum atomic E-state index is -1.09. The standard InChI is InChI=1S/C20H34N2O7S4/c1-12(2)18(25)8-6-5-7-15(33-32-11-17(20(28)29)22-14(4)24)9-30-31-10-16(19(26)27)21-13(3)23/h12,15-17H,5-11H2,1-4H3,(H,21,23)(H,22,24)(H,26,27)(H,28,29). The molecule has 0 rings (SSSR count). The van der Waals surface area contributed by atoms with Crippen LogP contribution in [0.4, 0.5) is 0 Å². The lowest BCUT2D eigenvalue weighted by atomic mass is 10.0. The van der Waals surface area contributed by atoms with Crippen LogP contribution in [0.3, 0.4) is 0 Å². The molecule has 13 heteroatoms. The molecule has 3 atom stereocenters. The third kappa shape index (κ3) is 17.1. The van der Waals surface area contributed by atoms with E-state index in [2.05, 4.69) is 10.6 Å². The lowest BCUT2D eigenvalue weighted by Gasteiger charge is -2.18. The molecule has 0 aliphatic carbocycles. The summed E-state index contributed by atoms with van der Waals surface area (Å²) < 4.78 is 0. The summed E-state index contributed by atoms with van der Waals surface area (Å²) in [5.41, 5.74) is 0. The third-order valence-electron chi connectivity index (χ3n) is 4.21. The number of nitrogens with one attached hydrogen (secondary N) is 2. The fourth-order valence-electron chi connectivity index (χ4n) is 2.40. The quantitative estimate of drug-likeness (QED) is 0.141. The van der Waals surface area contributed by atoms with Crippen LogP contribution in [-0.2, 0) is 24.0 Å². The summed E-state index contributed by atoms with van der Waals surface area (Å²) in [6.45, 7) is 6.30. The highest BCUT2D eigenvalue weighted by Crippen LogP contribution is 2.35. The molecule has 0 saturated heterocycles. The Kier molecular flexibility index (Phi) is 17.7. The van der Waals surface area contributed by atoms with Gasteiger partial charge in [-0.05, 0) is 12.8 Å². The SMILES string of the molecule is CC(=O)NC(CSSCC(CCCCC(=O)C(C)C)SSCC(NC(C)=O)C(=O)O)C(=O)O. The Morgan fingerprint density at radius 1 is 0.758 bits per heavy atom. The van der Waals surface area contributed by atoms with Crippen molar-refractivity contribution >= 4 is 72.7 Å². The maximum atomic E-state index is 11.8. The molecule has 0 aromatic rings. The molecule has 190 valence electrons. The van der Waals surface area contributed by atoms with Crippen molar-refractivity contribution in [2.45, 2.75) is 70.7 Å². The Morgan fingerprint density at radius 2 is 1.24 bits per heavy atom. The van der Waals surface area contributed by atoms with Crippen LogP contribution in [0.25, 0.3) is 0 Å². The van der Waals surface area contributed by atoms with Crippen LogP contribution in [0.15, 0.2) is 0 Å².